The lowest BCUT2D eigenvalue weighted by molar-refractivity contribution is -0.428. The highest BCUT2D eigenvalue weighted by Crippen LogP contribution is 2.17. The van der Waals surface area contributed by atoms with Crippen LogP contribution >= 0.6 is 0 Å². The predicted octanol–water partition coefficient (Wildman–Crippen LogP) is 0.859. The summed E-state index contributed by atoms with van der Waals surface area (Å²) < 4.78 is 0. The topological polar surface area (TPSA) is 63.4 Å². The quantitative estimate of drug-likeness (QED) is 0.475. The van der Waals surface area contributed by atoms with E-state index in [-0.39, 0.29) is 17.2 Å². The van der Waals surface area contributed by atoms with Gasteiger partial charge in [-0.2, -0.15) is 0 Å². The maximum Gasteiger partial charge on any atom is 0.246 e. The molecule has 0 bridgehead atoms. The summed E-state index contributed by atoms with van der Waals surface area (Å²) in [5, 5.41) is 18.8. The van der Waals surface area contributed by atoms with E-state index in [9.17, 15) is 10.1 Å². The Morgan fingerprint density at radius 2 is 2.27 bits per heavy atom. The minimum atomic E-state index is -0.384. The van der Waals surface area contributed by atoms with Gasteiger partial charge in [0.1, 0.15) is 0 Å². The van der Waals surface area contributed by atoms with Crippen molar-refractivity contribution in [3.8, 4) is 0 Å². The van der Waals surface area contributed by atoms with Crippen LogP contribution < -0.4 is 0 Å². The third-order valence-corrected chi connectivity index (χ3v) is 1.65. The Balaban J connectivity index is 2.69. The zero-order chi connectivity index (χ0) is 8.27. The molecule has 0 aliphatic heterocycles. The van der Waals surface area contributed by atoms with Gasteiger partial charge in [0.05, 0.1) is 11.5 Å². The molecule has 4 heteroatoms. The standard InChI is InChI=1S/C7H9NO3/c9-5-6-1-3-7(4-2-6)8(10)11/h1,3,9H,2,4-5H2. The van der Waals surface area contributed by atoms with E-state index in [0.29, 0.717) is 12.8 Å². The van der Waals surface area contributed by atoms with E-state index in [1.807, 2.05) is 0 Å². The normalized spacial score (nSPS) is 17.2. The van der Waals surface area contributed by atoms with E-state index in [1.165, 1.54) is 6.08 Å². The van der Waals surface area contributed by atoms with E-state index in [4.69, 9.17) is 5.11 Å². The second-order valence-corrected chi connectivity index (χ2v) is 2.40. The first-order valence-corrected chi connectivity index (χ1v) is 3.38. The van der Waals surface area contributed by atoms with Gasteiger partial charge >= 0.3 is 0 Å². The third kappa shape index (κ3) is 1.88. The van der Waals surface area contributed by atoms with Gasteiger partial charge in [0.25, 0.3) is 0 Å². The molecular weight excluding hydrogens is 146 g/mol. The summed E-state index contributed by atoms with van der Waals surface area (Å²) in [5.74, 6) is 0. The van der Waals surface area contributed by atoms with Crippen molar-refractivity contribution in [2.24, 2.45) is 0 Å². The van der Waals surface area contributed by atoms with E-state index in [0.717, 1.165) is 5.57 Å². The van der Waals surface area contributed by atoms with Crippen LogP contribution in [0, 0.1) is 10.1 Å². The first-order valence-electron chi connectivity index (χ1n) is 3.38. The molecule has 0 saturated carbocycles. The fourth-order valence-corrected chi connectivity index (χ4v) is 0.953. The molecule has 0 aromatic heterocycles. The van der Waals surface area contributed by atoms with Gasteiger partial charge in [0.2, 0.25) is 5.70 Å². The highest BCUT2D eigenvalue weighted by molar-refractivity contribution is 5.20. The van der Waals surface area contributed by atoms with Crippen molar-refractivity contribution >= 4 is 0 Å². The summed E-state index contributed by atoms with van der Waals surface area (Å²) in [5.41, 5.74) is 1.08. The highest BCUT2D eigenvalue weighted by atomic mass is 16.6. The minimum absolute atomic E-state index is 0.00148. The average molecular weight is 155 g/mol. The Morgan fingerprint density at radius 3 is 2.64 bits per heavy atom. The summed E-state index contributed by atoms with van der Waals surface area (Å²) in [6.07, 6.45) is 4.10. The molecule has 11 heavy (non-hydrogen) atoms. The molecule has 4 nitrogen and oxygen atoms in total. The first kappa shape index (κ1) is 7.94. The third-order valence-electron chi connectivity index (χ3n) is 1.65. The number of rotatable bonds is 2. The van der Waals surface area contributed by atoms with Crippen LogP contribution in [0.1, 0.15) is 12.8 Å². The summed E-state index contributed by atoms with van der Waals surface area (Å²) in [6.45, 7) is 0.00148. The molecule has 1 rings (SSSR count). The maximum absolute atomic E-state index is 10.2. The van der Waals surface area contributed by atoms with E-state index >= 15 is 0 Å². The summed E-state index contributed by atoms with van der Waals surface area (Å²) in [7, 11) is 0. The molecule has 0 unspecified atom stereocenters. The van der Waals surface area contributed by atoms with E-state index in [1.54, 1.807) is 6.08 Å². The van der Waals surface area contributed by atoms with Crippen LogP contribution in [0.4, 0.5) is 0 Å². The lowest BCUT2D eigenvalue weighted by Crippen LogP contribution is -2.04. The number of aliphatic hydroxyl groups is 1. The smallest absolute Gasteiger partial charge is 0.246 e. The van der Waals surface area contributed by atoms with Gasteiger partial charge in [-0.3, -0.25) is 10.1 Å². The Morgan fingerprint density at radius 1 is 1.55 bits per heavy atom. The molecule has 1 aliphatic carbocycles. The number of hydrogen-bond donors (Lipinski definition) is 1. The van der Waals surface area contributed by atoms with Crippen LogP contribution in [0.2, 0.25) is 0 Å². The van der Waals surface area contributed by atoms with Crippen molar-refractivity contribution in [3.63, 3.8) is 0 Å². The maximum atomic E-state index is 10.2. The second kappa shape index (κ2) is 3.30. The van der Waals surface area contributed by atoms with Crippen molar-refractivity contribution < 1.29 is 10.0 Å². The van der Waals surface area contributed by atoms with Crippen LogP contribution in [-0.4, -0.2) is 16.6 Å². The van der Waals surface area contributed by atoms with Gasteiger partial charge in [-0.1, -0.05) is 6.08 Å². The van der Waals surface area contributed by atoms with Gasteiger partial charge in [-0.25, -0.2) is 0 Å². The fraction of sp³-hybridized carbons (Fsp3) is 0.429. The molecule has 0 fully saturated rings. The van der Waals surface area contributed by atoms with Crippen molar-refractivity contribution in [2.45, 2.75) is 12.8 Å². The summed E-state index contributed by atoms with van der Waals surface area (Å²) in [4.78, 5) is 9.81. The molecule has 0 aromatic carbocycles. The van der Waals surface area contributed by atoms with Gasteiger partial charge in [-0.15, -0.1) is 0 Å². The predicted molar refractivity (Wildman–Crippen MR) is 39.5 cm³/mol. The number of nitrogens with zero attached hydrogens (tertiary/aromatic N) is 1. The van der Waals surface area contributed by atoms with Crippen LogP contribution in [0.5, 0.6) is 0 Å². The molecule has 0 amide bonds. The molecule has 0 heterocycles. The SMILES string of the molecule is O=[N+]([O-])C1=CC=C(CO)CC1. The van der Waals surface area contributed by atoms with Gasteiger partial charge in [0.15, 0.2) is 0 Å². The number of aliphatic hydroxyl groups excluding tert-OH is 1. The van der Waals surface area contributed by atoms with Crippen molar-refractivity contribution in [1.82, 2.24) is 0 Å². The Hall–Kier alpha value is -1.16. The van der Waals surface area contributed by atoms with E-state index in [2.05, 4.69) is 0 Å². The number of nitro groups is 1. The molecule has 60 valence electrons. The molecular formula is C7H9NO3. The van der Waals surface area contributed by atoms with Gasteiger partial charge < -0.3 is 5.11 Å². The molecule has 0 aromatic rings. The number of allylic oxidation sites excluding steroid dienone is 3. The molecule has 1 aliphatic rings. The summed E-state index contributed by atoms with van der Waals surface area (Å²) in [6, 6.07) is 0. The lowest BCUT2D eigenvalue weighted by atomic mass is 10.0. The first-order chi connectivity index (χ1) is 5.24. The Kier molecular flexibility index (Phi) is 2.38. The molecule has 0 saturated heterocycles. The lowest BCUT2D eigenvalue weighted by Gasteiger charge is -2.05. The monoisotopic (exact) mass is 155 g/mol. The van der Waals surface area contributed by atoms with Gasteiger partial charge in [-0.05, 0) is 12.0 Å². The largest absolute Gasteiger partial charge is 0.392 e. The number of hydrogen-bond acceptors (Lipinski definition) is 3. The molecule has 0 atom stereocenters. The molecule has 0 spiro atoms. The van der Waals surface area contributed by atoms with Crippen molar-refractivity contribution in [1.29, 1.82) is 0 Å². The van der Waals surface area contributed by atoms with Crippen molar-refractivity contribution in [2.75, 3.05) is 6.61 Å². The Labute approximate surface area is 64.0 Å². The summed E-state index contributed by atoms with van der Waals surface area (Å²) >= 11 is 0. The zero-order valence-corrected chi connectivity index (χ0v) is 5.99. The van der Waals surface area contributed by atoms with Crippen LogP contribution in [0.15, 0.2) is 23.4 Å². The van der Waals surface area contributed by atoms with E-state index < -0.39 is 0 Å². The fourth-order valence-electron chi connectivity index (χ4n) is 0.953. The van der Waals surface area contributed by atoms with Crippen LogP contribution in [-0.2, 0) is 0 Å². The molecule has 1 N–H and O–H groups in total. The van der Waals surface area contributed by atoms with Crippen molar-refractivity contribution in [3.05, 3.63) is 33.5 Å². The minimum Gasteiger partial charge on any atom is -0.392 e. The Bertz CT molecular complexity index is 230. The van der Waals surface area contributed by atoms with Crippen LogP contribution in [0.3, 0.4) is 0 Å². The molecule has 0 radical (unpaired) electrons. The average Bonchev–Trinajstić information content (AvgIpc) is 2.05. The van der Waals surface area contributed by atoms with Crippen LogP contribution in [0.25, 0.3) is 0 Å². The second-order valence-electron chi connectivity index (χ2n) is 2.40. The zero-order valence-electron chi connectivity index (χ0n) is 5.99. The van der Waals surface area contributed by atoms with Gasteiger partial charge in [0, 0.05) is 12.5 Å². The highest BCUT2D eigenvalue weighted by Gasteiger charge is 2.13.